The molecule has 1 saturated heterocycles. The van der Waals surface area contributed by atoms with E-state index in [-0.39, 0.29) is 0 Å². The predicted octanol–water partition coefficient (Wildman–Crippen LogP) is 3.18. The van der Waals surface area contributed by atoms with Gasteiger partial charge in [0.15, 0.2) is 17.1 Å². The third kappa shape index (κ3) is 3.45. The van der Waals surface area contributed by atoms with E-state index in [1.165, 1.54) is 0 Å². The van der Waals surface area contributed by atoms with Crippen molar-refractivity contribution in [2.45, 2.75) is 6.54 Å². The van der Waals surface area contributed by atoms with Crippen molar-refractivity contribution >= 4 is 17.1 Å². The van der Waals surface area contributed by atoms with Gasteiger partial charge in [-0.3, -0.25) is 4.90 Å². The minimum Gasteiger partial charge on any atom is -0.493 e. The summed E-state index contributed by atoms with van der Waals surface area (Å²) in [6.45, 7) is 4.34. The van der Waals surface area contributed by atoms with Gasteiger partial charge in [-0.1, -0.05) is 18.2 Å². The van der Waals surface area contributed by atoms with E-state index in [0.717, 1.165) is 55.1 Å². The molecule has 0 radical (unpaired) electrons. The summed E-state index contributed by atoms with van der Waals surface area (Å²) < 4.78 is 22.4. The second kappa shape index (κ2) is 7.98. The van der Waals surface area contributed by atoms with E-state index in [9.17, 15) is 0 Å². The Hall–Kier alpha value is -2.93. The Kier molecular flexibility index (Phi) is 5.25. The Morgan fingerprint density at radius 3 is 2.32 bits per heavy atom. The lowest BCUT2D eigenvalue weighted by molar-refractivity contribution is 0.240. The Balaban J connectivity index is 1.44. The van der Waals surface area contributed by atoms with Crippen LogP contribution >= 0.6 is 0 Å². The van der Waals surface area contributed by atoms with Gasteiger partial charge in [0.2, 0.25) is 5.75 Å². The maximum atomic E-state index is 5.90. The maximum Gasteiger partial charge on any atom is 0.298 e. The van der Waals surface area contributed by atoms with Gasteiger partial charge >= 0.3 is 0 Å². The number of hydrogen-bond donors (Lipinski definition) is 0. The van der Waals surface area contributed by atoms with Crippen LogP contribution < -0.4 is 19.1 Å². The molecule has 2 heterocycles. The first-order valence-corrected chi connectivity index (χ1v) is 9.34. The number of benzene rings is 2. The third-order valence-electron chi connectivity index (χ3n) is 5.11. The van der Waals surface area contributed by atoms with Crippen molar-refractivity contribution in [2.75, 3.05) is 52.4 Å². The number of fused-ring (bicyclic) bond motifs is 1. The standard InChI is InChI=1S/C21H25N3O4/c1-25-18-9-8-15(19(26-2)20(18)27-3)14-23-10-12-24(13-11-23)21-22-16-6-4-5-7-17(16)28-21/h4-9H,10-14H2,1-3H3. The molecule has 1 aromatic heterocycles. The first kappa shape index (κ1) is 18.4. The van der Waals surface area contributed by atoms with Gasteiger partial charge < -0.3 is 23.5 Å². The number of para-hydroxylation sites is 2. The lowest BCUT2D eigenvalue weighted by atomic mass is 10.1. The highest BCUT2D eigenvalue weighted by Gasteiger charge is 2.23. The summed E-state index contributed by atoms with van der Waals surface area (Å²) in [5.41, 5.74) is 2.81. The molecule has 7 nitrogen and oxygen atoms in total. The number of aromatic nitrogens is 1. The topological polar surface area (TPSA) is 60.2 Å². The van der Waals surface area contributed by atoms with Gasteiger partial charge in [-0.2, -0.15) is 4.98 Å². The van der Waals surface area contributed by atoms with Gasteiger partial charge in [0.1, 0.15) is 5.52 Å². The molecule has 0 amide bonds. The number of ether oxygens (including phenoxy) is 3. The summed E-state index contributed by atoms with van der Waals surface area (Å²) in [7, 11) is 4.91. The minimum atomic E-state index is 0.632. The van der Waals surface area contributed by atoms with E-state index in [4.69, 9.17) is 18.6 Å². The molecule has 3 aromatic rings. The zero-order chi connectivity index (χ0) is 19.5. The second-order valence-corrected chi connectivity index (χ2v) is 6.72. The molecule has 28 heavy (non-hydrogen) atoms. The molecule has 4 rings (SSSR count). The number of piperazine rings is 1. The fraction of sp³-hybridized carbons (Fsp3) is 0.381. The van der Waals surface area contributed by atoms with Crippen LogP contribution in [0, 0.1) is 0 Å². The zero-order valence-corrected chi connectivity index (χ0v) is 16.5. The third-order valence-corrected chi connectivity index (χ3v) is 5.11. The number of hydrogen-bond acceptors (Lipinski definition) is 7. The van der Waals surface area contributed by atoms with Crippen LogP contribution in [0.15, 0.2) is 40.8 Å². The van der Waals surface area contributed by atoms with E-state index < -0.39 is 0 Å². The normalized spacial score (nSPS) is 15.0. The van der Waals surface area contributed by atoms with Crippen LogP contribution in [0.3, 0.4) is 0 Å². The molecule has 148 valence electrons. The van der Waals surface area contributed by atoms with Crippen LogP contribution in [0.2, 0.25) is 0 Å². The molecule has 1 fully saturated rings. The van der Waals surface area contributed by atoms with Gasteiger partial charge in [0.25, 0.3) is 6.01 Å². The largest absolute Gasteiger partial charge is 0.493 e. The molecular formula is C21H25N3O4. The highest BCUT2D eigenvalue weighted by atomic mass is 16.5. The Bertz CT molecular complexity index is 915. The van der Waals surface area contributed by atoms with Gasteiger partial charge in [-0.15, -0.1) is 0 Å². The van der Waals surface area contributed by atoms with E-state index in [1.54, 1.807) is 21.3 Å². The van der Waals surface area contributed by atoms with Gasteiger partial charge in [0.05, 0.1) is 21.3 Å². The van der Waals surface area contributed by atoms with E-state index >= 15 is 0 Å². The van der Waals surface area contributed by atoms with Gasteiger partial charge in [-0.25, -0.2) is 0 Å². The number of nitrogens with zero attached hydrogens (tertiary/aromatic N) is 3. The molecule has 0 N–H and O–H groups in total. The molecule has 2 aromatic carbocycles. The first-order chi connectivity index (χ1) is 13.7. The fourth-order valence-corrected chi connectivity index (χ4v) is 3.62. The minimum absolute atomic E-state index is 0.632. The average molecular weight is 383 g/mol. The lowest BCUT2D eigenvalue weighted by Crippen LogP contribution is -2.46. The van der Waals surface area contributed by atoms with E-state index in [2.05, 4.69) is 14.8 Å². The number of rotatable bonds is 6. The molecule has 0 saturated carbocycles. The SMILES string of the molecule is COc1ccc(CN2CCN(c3nc4ccccc4o3)CC2)c(OC)c1OC. The molecule has 7 heteroatoms. The summed E-state index contributed by atoms with van der Waals surface area (Å²) in [6, 6.07) is 12.5. The number of oxazole rings is 1. The van der Waals surface area contributed by atoms with Crippen molar-refractivity contribution in [3.63, 3.8) is 0 Å². The summed E-state index contributed by atoms with van der Waals surface area (Å²) in [6.07, 6.45) is 0. The van der Waals surface area contributed by atoms with Crippen LogP contribution in [-0.4, -0.2) is 57.4 Å². The summed E-state index contributed by atoms with van der Waals surface area (Å²) in [5.74, 6) is 2.03. The molecule has 0 atom stereocenters. The Labute approximate surface area is 164 Å². The van der Waals surface area contributed by atoms with Gasteiger partial charge in [0, 0.05) is 38.3 Å². The van der Waals surface area contributed by atoms with Crippen LogP contribution in [0.25, 0.3) is 11.1 Å². The predicted molar refractivity (Wildman–Crippen MR) is 108 cm³/mol. The molecule has 0 bridgehead atoms. The van der Waals surface area contributed by atoms with E-state index in [0.29, 0.717) is 17.5 Å². The molecule has 0 spiro atoms. The molecule has 1 aliphatic rings. The summed E-state index contributed by atoms with van der Waals surface area (Å²) >= 11 is 0. The molecule has 0 aliphatic carbocycles. The van der Waals surface area contributed by atoms with Crippen molar-refractivity contribution in [1.29, 1.82) is 0 Å². The fourth-order valence-electron chi connectivity index (χ4n) is 3.62. The molecular weight excluding hydrogens is 358 g/mol. The van der Waals surface area contributed by atoms with Crippen molar-refractivity contribution in [1.82, 2.24) is 9.88 Å². The number of anilines is 1. The zero-order valence-electron chi connectivity index (χ0n) is 16.5. The summed E-state index contributed by atoms with van der Waals surface area (Å²) in [5, 5.41) is 0. The van der Waals surface area contributed by atoms with Crippen molar-refractivity contribution < 1.29 is 18.6 Å². The van der Waals surface area contributed by atoms with Crippen LogP contribution in [0.1, 0.15) is 5.56 Å². The second-order valence-electron chi connectivity index (χ2n) is 6.72. The van der Waals surface area contributed by atoms with Crippen molar-refractivity contribution in [3.05, 3.63) is 42.0 Å². The van der Waals surface area contributed by atoms with Gasteiger partial charge in [-0.05, 0) is 18.2 Å². The quantitative estimate of drug-likeness (QED) is 0.648. The molecule has 1 aliphatic heterocycles. The maximum absolute atomic E-state index is 5.90. The lowest BCUT2D eigenvalue weighted by Gasteiger charge is -2.34. The van der Waals surface area contributed by atoms with Crippen LogP contribution in [0.5, 0.6) is 17.2 Å². The summed E-state index contributed by atoms with van der Waals surface area (Å²) in [4.78, 5) is 9.19. The first-order valence-electron chi connectivity index (χ1n) is 9.34. The van der Waals surface area contributed by atoms with Crippen LogP contribution in [-0.2, 0) is 6.54 Å². The average Bonchev–Trinajstić information content (AvgIpc) is 3.18. The Morgan fingerprint density at radius 2 is 1.64 bits per heavy atom. The Morgan fingerprint density at radius 1 is 0.893 bits per heavy atom. The molecule has 0 unspecified atom stereocenters. The highest BCUT2D eigenvalue weighted by Crippen LogP contribution is 2.40. The smallest absolute Gasteiger partial charge is 0.298 e. The van der Waals surface area contributed by atoms with Crippen LogP contribution in [0.4, 0.5) is 6.01 Å². The van der Waals surface area contributed by atoms with E-state index in [1.807, 2.05) is 36.4 Å². The van der Waals surface area contributed by atoms with Crippen molar-refractivity contribution in [3.8, 4) is 17.2 Å². The highest BCUT2D eigenvalue weighted by molar-refractivity contribution is 5.74. The van der Waals surface area contributed by atoms with Crippen molar-refractivity contribution in [2.24, 2.45) is 0 Å². The monoisotopic (exact) mass is 383 g/mol. The number of methoxy groups -OCH3 is 3.